The standard InChI is InChI=1S/C13H17N3OS/c1-9(2)17-11-5-3-10(4-6-11)16-13-15-8-12(7-14)18-13/h3-6,8-9H,7,14H2,1-2H3,(H,15,16). The van der Waals surface area contributed by atoms with Crippen LogP contribution in [0.15, 0.2) is 30.5 Å². The summed E-state index contributed by atoms with van der Waals surface area (Å²) in [6, 6.07) is 7.84. The molecule has 0 unspecified atom stereocenters. The van der Waals surface area contributed by atoms with Crippen LogP contribution in [0.4, 0.5) is 10.8 Å². The number of aromatic nitrogens is 1. The number of benzene rings is 1. The minimum atomic E-state index is 0.190. The number of ether oxygens (including phenoxy) is 1. The fraction of sp³-hybridized carbons (Fsp3) is 0.308. The van der Waals surface area contributed by atoms with Gasteiger partial charge in [-0.15, -0.1) is 11.3 Å². The van der Waals surface area contributed by atoms with Crippen molar-refractivity contribution in [3.8, 4) is 5.75 Å². The molecule has 0 saturated carbocycles. The molecular formula is C13H17N3OS. The van der Waals surface area contributed by atoms with Crippen molar-refractivity contribution in [3.05, 3.63) is 35.3 Å². The summed E-state index contributed by atoms with van der Waals surface area (Å²) in [5, 5.41) is 4.09. The largest absolute Gasteiger partial charge is 0.491 e. The van der Waals surface area contributed by atoms with E-state index < -0.39 is 0 Å². The lowest BCUT2D eigenvalue weighted by atomic mass is 10.3. The van der Waals surface area contributed by atoms with Gasteiger partial charge < -0.3 is 15.8 Å². The first-order chi connectivity index (χ1) is 8.67. The average Bonchev–Trinajstić information content (AvgIpc) is 2.79. The zero-order valence-corrected chi connectivity index (χ0v) is 11.3. The Morgan fingerprint density at radius 1 is 1.33 bits per heavy atom. The second-order valence-corrected chi connectivity index (χ2v) is 5.27. The van der Waals surface area contributed by atoms with Gasteiger partial charge in [0.25, 0.3) is 0 Å². The van der Waals surface area contributed by atoms with E-state index in [1.807, 2.05) is 38.1 Å². The first kappa shape index (κ1) is 12.9. The molecule has 5 heteroatoms. The molecule has 0 aliphatic rings. The van der Waals surface area contributed by atoms with E-state index in [1.54, 1.807) is 17.5 Å². The number of hydrogen-bond donors (Lipinski definition) is 2. The molecule has 0 radical (unpaired) electrons. The smallest absolute Gasteiger partial charge is 0.187 e. The third-order valence-corrected chi connectivity index (χ3v) is 3.17. The van der Waals surface area contributed by atoms with Gasteiger partial charge in [0.05, 0.1) is 6.10 Å². The highest BCUT2D eigenvalue weighted by Gasteiger charge is 2.02. The second-order valence-electron chi connectivity index (χ2n) is 4.15. The van der Waals surface area contributed by atoms with E-state index in [9.17, 15) is 0 Å². The minimum absolute atomic E-state index is 0.190. The molecule has 0 spiro atoms. The summed E-state index contributed by atoms with van der Waals surface area (Å²) >= 11 is 1.56. The van der Waals surface area contributed by atoms with Crippen LogP contribution in [0, 0.1) is 0 Å². The van der Waals surface area contributed by atoms with Crippen LogP contribution in [0.1, 0.15) is 18.7 Å². The molecule has 18 heavy (non-hydrogen) atoms. The van der Waals surface area contributed by atoms with E-state index in [-0.39, 0.29) is 6.10 Å². The lowest BCUT2D eigenvalue weighted by molar-refractivity contribution is 0.242. The molecule has 4 nitrogen and oxygen atoms in total. The van der Waals surface area contributed by atoms with E-state index in [2.05, 4.69) is 10.3 Å². The zero-order valence-electron chi connectivity index (χ0n) is 10.5. The molecule has 0 aliphatic heterocycles. The lowest BCUT2D eigenvalue weighted by Gasteiger charge is -2.10. The van der Waals surface area contributed by atoms with Crippen molar-refractivity contribution in [3.63, 3.8) is 0 Å². The topological polar surface area (TPSA) is 60.2 Å². The molecular weight excluding hydrogens is 246 g/mol. The van der Waals surface area contributed by atoms with Gasteiger partial charge in [0.15, 0.2) is 5.13 Å². The SMILES string of the molecule is CC(C)Oc1ccc(Nc2ncc(CN)s2)cc1. The van der Waals surface area contributed by atoms with Crippen molar-refractivity contribution in [2.75, 3.05) is 5.32 Å². The van der Waals surface area contributed by atoms with E-state index >= 15 is 0 Å². The first-order valence-electron chi connectivity index (χ1n) is 5.86. The number of thiazole rings is 1. The van der Waals surface area contributed by atoms with Gasteiger partial charge in [-0.05, 0) is 38.1 Å². The predicted molar refractivity (Wildman–Crippen MR) is 75.5 cm³/mol. The Kier molecular flexibility index (Phi) is 4.17. The molecule has 0 amide bonds. The van der Waals surface area contributed by atoms with Crippen LogP contribution < -0.4 is 15.8 Å². The molecule has 2 rings (SSSR count). The van der Waals surface area contributed by atoms with E-state index in [0.717, 1.165) is 21.4 Å². The highest BCUT2D eigenvalue weighted by molar-refractivity contribution is 7.15. The molecule has 0 saturated heterocycles. The zero-order chi connectivity index (χ0) is 13.0. The van der Waals surface area contributed by atoms with Gasteiger partial charge in [-0.2, -0.15) is 0 Å². The van der Waals surface area contributed by atoms with Crippen molar-refractivity contribution in [2.45, 2.75) is 26.5 Å². The molecule has 1 aromatic carbocycles. The summed E-state index contributed by atoms with van der Waals surface area (Å²) in [6.45, 7) is 4.55. The minimum Gasteiger partial charge on any atom is -0.491 e. The Morgan fingerprint density at radius 3 is 2.61 bits per heavy atom. The van der Waals surface area contributed by atoms with Crippen molar-refractivity contribution < 1.29 is 4.74 Å². The Bertz CT molecular complexity index is 493. The van der Waals surface area contributed by atoms with Crippen LogP contribution in [-0.2, 0) is 6.54 Å². The van der Waals surface area contributed by atoms with Gasteiger partial charge in [0.2, 0.25) is 0 Å². The highest BCUT2D eigenvalue weighted by atomic mass is 32.1. The normalized spacial score (nSPS) is 10.7. The number of nitrogens with one attached hydrogen (secondary N) is 1. The average molecular weight is 263 g/mol. The van der Waals surface area contributed by atoms with Gasteiger partial charge >= 0.3 is 0 Å². The van der Waals surface area contributed by atoms with Crippen molar-refractivity contribution in [2.24, 2.45) is 5.73 Å². The maximum absolute atomic E-state index is 5.58. The monoisotopic (exact) mass is 263 g/mol. The van der Waals surface area contributed by atoms with Crippen LogP contribution >= 0.6 is 11.3 Å². The predicted octanol–water partition coefficient (Wildman–Crippen LogP) is 3.13. The molecule has 2 aromatic rings. The molecule has 3 N–H and O–H groups in total. The third kappa shape index (κ3) is 3.45. The number of nitrogens with two attached hydrogens (primary N) is 1. The van der Waals surface area contributed by atoms with E-state index in [0.29, 0.717) is 6.54 Å². The van der Waals surface area contributed by atoms with E-state index in [1.165, 1.54) is 0 Å². The Labute approximate surface area is 111 Å². The van der Waals surface area contributed by atoms with Gasteiger partial charge in [0, 0.05) is 23.3 Å². The first-order valence-corrected chi connectivity index (χ1v) is 6.67. The molecule has 1 heterocycles. The van der Waals surface area contributed by atoms with Crippen molar-refractivity contribution >= 4 is 22.2 Å². The summed E-state index contributed by atoms with van der Waals surface area (Å²) < 4.78 is 5.58. The summed E-state index contributed by atoms with van der Waals surface area (Å²) in [7, 11) is 0. The van der Waals surface area contributed by atoms with Crippen LogP contribution in [-0.4, -0.2) is 11.1 Å². The quantitative estimate of drug-likeness (QED) is 0.870. The summed E-state index contributed by atoms with van der Waals surface area (Å²) in [5.41, 5.74) is 6.54. The Morgan fingerprint density at radius 2 is 2.06 bits per heavy atom. The van der Waals surface area contributed by atoms with Gasteiger partial charge in [-0.25, -0.2) is 4.98 Å². The summed E-state index contributed by atoms with van der Waals surface area (Å²) in [6.07, 6.45) is 1.98. The van der Waals surface area contributed by atoms with Crippen LogP contribution in [0.25, 0.3) is 0 Å². The number of hydrogen-bond acceptors (Lipinski definition) is 5. The highest BCUT2D eigenvalue weighted by Crippen LogP contribution is 2.24. The number of rotatable bonds is 5. The van der Waals surface area contributed by atoms with Gasteiger partial charge in [-0.3, -0.25) is 0 Å². The van der Waals surface area contributed by atoms with E-state index in [4.69, 9.17) is 10.5 Å². The molecule has 0 fully saturated rings. The lowest BCUT2D eigenvalue weighted by Crippen LogP contribution is -2.05. The van der Waals surface area contributed by atoms with Crippen LogP contribution in [0.5, 0.6) is 5.75 Å². The Balaban J connectivity index is 2.01. The maximum atomic E-state index is 5.58. The molecule has 0 aliphatic carbocycles. The third-order valence-electron chi connectivity index (χ3n) is 2.23. The Hall–Kier alpha value is -1.59. The number of anilines is 2. The molecule has 96 valence electrons. The fourth-order valence-electron chi connectivity index (χ4n) is 1.47. The fourth-order valence-corrected chi connectivity index (χ4v) is 2.18. The van der Waals surface area contributed by atoms with Crippen LogP contribution in [0.3, 0.4) is 0 Å². The second kappa shape index (κ2) is 5.84. The molecule has 0 atom stereocenters. The molecule has 1 aromatic heterocycles. The van der Waals surface area contributed by atoms with Gasteiger partial charge in [-0.1, -0.05) is 0 Å². The van der Waals surface area contributed by atoms with Crippen molar-refractivity contribution in [1.29, 1.82) is 0 Å². The van der Waals surface area contributed by atoms with Gasteiger partial charge in [0.1, 0.15) is 5.75 Å². The maximum Gasteiger partial charge on any atom is 0.187 e. The molecule has 0 bridgehead atoms. The van der Waals surface area contributed by atoms with Crippen LogP contribution in [0.2, 0.25) is 0 Å². The summed E-state index contributed by atoms with van der Waals surface area (Å²) in [5.74, 6) is 0.873. The number of nitrogens with zero attached hydrogens (tertiary/aromatic N) is 1. The summed E-state index contributed by atoms with van der Waals surface area (Å²) in [4.78, 5) is 5.32. The van der Waals surface area contributed by atoms with Crippen molar-refractivity contribution in [1.82, 2.24) is 4.98 Å².